The molecule has 0 spiro atoms. The van der Waals surface area contributed by atoms with Crippen LogP contribution >= 0.6 is 0 Å². The molecule has 0 aromatic rings. The molecule has 0 aliphatic rings. The van der Waals surface area contributed by atoms with E-state index in [1.165, 1.54) is 57.8 Å². The molecule has 0 saturated carbocycles. The van der Waals surface area contributed by atoms with E-state index in [0.717, 1.165) is 6.42 Å². The van der Waals surface area contributed by atoms with Crippen LogP contribution in [-0.2, 0) is 4.74 Å². The number of ether oxygens (including phenoxy) is 1. The molecule has 0 radical (unpaired) electrons. The van der Waals surface area contributed by atoms with Crippen molar-refractivity contribution >= 4 is 0 Å². The van der Waals surface area contributed by atoms with Gasteiger partial charge in [0.05, 0.1) is 0 Å². The van der Waals surface area contributed by atoms with E-state index in [9.17, 15) is 4.39 Å². The smallest absolute Gasteiger partial charge is 0.188 e. The van der Waals surface area contributed by atoms with Gasteiger partial charge in [-0.3, -0.25) is 0 Å². The van der Waals surface area contributed by atoms with Gasteiger partial charge in [-0.25, -0.2) is 4.39 Å². The summed E-state index contributed by atoms with van der Waals surface area (Å²) >= 11 is 0. The number of rotatable bonds is 12. The number of alkyl halides is 1. The van der Waals surface area contributed by atoms with E-state index in [1.807, 2.05) is 0 Å². The molecule has 0 aromatic heterocycles. The Hall–Kier alpha value is -0.110. The molecule has 2 heteroatoms. The first-order valence-corrected chi connectivity index (χ1v) is 6.55. The maximum Gasteiger partial charge on any atom is 0.188 e. The first-order valence-electron chi connectivity index (χ1n) is 6.55. The van der Waals surface area contributed by atoms with Crippen LogP contribution in [0.25, 0.3) is 0 Å². The number of hydrogen-bond acceptors (Lipinski definition) is 1. The minimum absolute atomic E-state index is 0.590. The molecule has 0 heterocycles. The predicted octanol–water partition coefficient (Wildman–Crippen LogP) is 4.85. The monoisotopic (exact) mass is 218 g/mol. The van der Waals surface area contributed by atoms with Crippen LogP contribution in [0.3, 0.4) is 0 Å². The van der Waals surface area contributed by atoms with Gasteiger partial charge in [0.15, 0.2) is 6.86 Å². The zero-order valence-corrected chi connectivity index (χ0v) is 10.3. The van der Waals surface area contributed by atoms with E-state index in [-0.39, 0.29) is 0 Å². The summed E-state index contributed by atoms with van der Waals surface area (Å²) in [5.41, 5.74) is 0. The highest BCUT2D eigenvalue weighted by Crippen LogP contribution is 2.10. The fourth-order valence-electron chi connectivity index (χ4n) is 1.75. The lowest BCUT2D eigenvalue weighted by Gasteiger charge is -2.02. The van der Waals surface area contributed by atoms with E-state index < -0.39 is 6.86 Å². The molecule has 0 rings (SSSR count). The Morgan fingerprint density at radius 1 is 0.733 bits per heavy atom. The van der Waals surface area contributed by atoms with Crippen LogP contribution < -0.4 is 0 Å². The molecule has 0 fully saturated rings. The van der Waals surface area contributed by atoms with Crippen molar-refractivity contribution in [3.8, 4) is 0 Å². The Morgan fingerprint density at radius 3 is 1.67 bits per heavy atom. The molecule has 0 amide bonds. The summed E-state index contributed by atoms with van der Waals surface area (Å²) in [6.45, 7) is 2.21. The van der Waals surface area contributed by atoms with Gasteiger partial charge >= 0.3 is 0 Å². The Balaban J connectivity index is 2.81. The van der Waals surface area contributed by atoms with Gasteiger partial charge in [-0.15, -0.1) is 0 Å². The largest absolute Gasteiger partial charge is 0.350 e. The van der Waals surface area contributed by atoms with Crippen LogP contribution in [0.1, 0.15) is 71.1 Å². The average molecular weight is 218 g/mol. The zero-order valence-electron chi connectivity index (χ0n) is 10.3. The predicted molar refractivity (Wildman–Crippen MR) is 63.8 cm³/mol. The zero-order chi connectivity index (χ0) is 11.2. The van der Waals surface area contributed by atoms with Crippen molar-refractivity contribution < 1.29 is 9.13 Å². The van der Waals surface area contributed by atoms with Crippen molar-refractivity contribution in [2.45, 2.75) is 71.1 Å². The molecule has 0 aliphatic heterocycles. The molecule has 15 heavy (non-hydrogen) atoms. The molecule has 0 atom stereocenters. The highest BCUT2D eigenvalue weighted by atomic mass is 19.1. The second-order valence-electron chi connectivity index (χ2n) is 4.20. The van der Waals surface area contributed by atoms with Crippen LogP contribution in [0.15, 0.2) is 0 Å². The van der Waals surface area contributed by atoms with Crippen molar-refractivity contribution in [1.82, 2.24) is 0 Å². The highest BCUT2D eigenvalue weighted by Gasteiger charge is 1.92. The van der Waals surface area contributed by atoms with Crippen LogP contribution in [0, 0.1) is 0 Å². The summed E-state index contributed by atoms with van der Waals surface area (Å²) in [7, 11) is 0. The summed E-state index contributed by atoms with van der Waals surface area (Å²) in [6.07, 6.45) is 13.1. The number of unbranched alkanes of at least 4 members (excludes halogenated alkanes) is 9. The first-order chi connectivity index (χ1) is 7.41. The highest BCUT2D eigenvalue weighted by molar-refractivity contribution is 4.47. The molecule has 0 aliphatic carbocycles. The molecular formula is C13H27FO. The standard InChI is InChI=1S/C13H27FO/c1-2-3-4-5-6-7-8-9-10-11-12-15-13-14/h2-13H2,1H3. The number of halogens is 1. The van der Waals surface area contributed by atoms with Crippen LogP contribution in [0.5, 0.6) is 0 Å². The Kier molecular flexibility index (Phi) is 13.8. The van der Waals surface area contributed by atoms with Gasteiger partial charge in [0.1, 0.15) is 0 Å². The molecule has 0 unspecified atom stereocenters. The Bertz CT molecular complexity index is 94.7. The molecule has 0 N–H and O–H groups in total. The lowest BCUT2D eigenvalue weighted by atomic mass is 10.1. The quantitative estimate of drug-likeness (QED) is 0.425. The first kappa shape index (κ1) is 14.9. The summed E-state index contributed by atoms with van der Waals surface area (Å²) in [5.74, 6) is 0. The molecule has 0 aromatic carbocycles. The minimum Gasteiger partial charge on any atom is -0.350 e. The molecule has 0 bridgehead atoms. The van der Waals surface area contributed by atoms with Crippen molar-refractivity contribution in [2.24, 2.45) is 0 Å². The summed E-state index contributed by atoms with van der Waals surface area (Å²) in [6, 6.07) is 0. The minimum atomic E-state index is -0.628. The third-order valence-corrected chi connectivity index (χ3v) is 2.72. The van der Waals surface area contributed by atoms with Gasteiger partial charge in [-0.1, -0.05) is 64.7 Å². The van der Waals surface area contributed by atoms with Gasteiger partial charge in [0, 0.05) is 6.61 Å². The van der Waals surface area contributed by atoms with Gasteiger partial charge in [-0.05, 0) is 6.42 Å². The van der Waals surface area contributed by atoms with E-state index in [2.05, 4.69) is 11.7 Å². The molecular weight excluding hydrogens is 191 g/mol. The second kappa shape index (κ2) is 13.9. The van der Waals surface area contributed by atoms with Crippen molar-refractivity contribution in [3.63, 3.8) is 0 Å². The van der Waals surface area contributed by atoms with Crippen LogP contribution in [-0.4, -0.2) is 13.5 Å². The van der Waals surface area contributed by atoms with Gasteiger partial charge < -0.3 is 4.74 Å². The third kappa shape index (κ3) is 13.9. The second-order valence-corrected chi connectivity index (χ2v) is 4.20. The van der Waals surface area contributed by atoms with E-state index in [0.29, 0.717) is 6.61 Å². The molecule has 92 valence electrons. The Morgan fingerprint density at radius 2 is 1.20 bits per heavy atom. The topological polar surface area (TPSA) is 9.23 Å². The fourth-order valence-corrected chi connectivity index (χ4v) is 1.75. The Labute approximate surface area is 94.4 Å². The van der Waals surface area contributed by atoms with Gasteiger partial charge in [-0.2, -0.15) is 0 Å². The van der Waals surface area contributed by atoms with Crippen LogP contribution in [0.2, 0.25) is 0 Å². The van der Waals surface area contributed by atoms with E-state index in [1.54, 1.807) is 0 Å². The average Bonchev–Trinajstić information content (AvgIpc) is 2.26. The van der Waals surface area contributed by atoms with Crippen molar-refractivity contribution in [2.75, 3.05) is 13.5 Å². The normalized spacial score (nSPS) is 10.8. The summed E-state index contributed by atoms with van der Waals surface area (Å²) < 4.78 is 16.2. The molecule has 0 saturated heterocycles. The SMILES string of the molecule is CCCCCCCCCCCCOCF. The van der Waals surface area contributed by atoms with Gasteiger partial charge in [0.2, 0.25) is 0 Å². The lowest BCUT2D eigenvalue weighted by Crippen LogP contribution is -1.92. The van der Waals surface area contributed by atoms with E-state index >= 15 is 0 Å². The van der Waals surface area contributed by atoms with Crippen molar-refractivity contribution in [3.05, 3.63) is 0 Å². The van der Waals surface area contributed by atoms with Crippen LogP contribution in [0.4, 0.5) is 4.39 Å². The van der Waals surface area contributed by atoms with Crippen molar-refractivity contribution in [1.29, 1.82) is 0 Å². The summed E-state index contributed by atoms with van der Waals surface area (Å²) in [4.78, 5) is 0. The van der Waals surface area contributed by atoms with Gasteiger partial charge in [0.25, 0.3) is 0 Å². The van der Waals surface area contributed by atoms with E-state index in [4.69, 9.17) is 0 Å². The molecule has 1 nitrogen and oxygen atoms in total. The summed E-state index contributed by atoms with van der Waals surface area (Å²) in [5, 5.41) is 0. The third-order valence-electron chi connectivity index (χ3n) is 2.72. The number of hydrogen-bond donors (Lipinski definition) is 0. The maximum atomic E-state index is 11.5. The fraction of sp³-hybridized carbons (Fsp3) is 1.00. The maximum absolute atomic E-state index is 11.5. The lowest BCUT2D eigenvalue weighted by molar-refractivity contribution is 0.0554.